The van der Waals surface area contributed by atoms with E-state index in [1.807, 2.05) is 33.2 Å². The van der Waals surface area contributed by atoms with Crippen molar-refractivity contribution in [2.24, 2.45) is 11.5 Å². The number of hydrogen-bond acceptors (Lipinski definition) is 7. The molecule has 0 aliphatic rings. The maximum atomic E-state index is 12.0. The van der Waals surface area contributed by atoms with Crippen LogP contribution in [0.5, 0.6) is 0 Å². The molecule has 31 heavy (non-hydrogen) atoms. The summed E-state index contributed by atoms with van der Waals surface area (Å²) in [6, 6.07) is 8.37. The summed E-state index contributed by atoms with van der Waals surface area (Å²) in [6.45, 7) is 7.14. The molecule has 1 aromatic heterocycles. The number of benzene rings is 1. The molecule has 0 saturated heterocycles. The van der Waals surface area contributed by atoms with Crippen molar-refractivity contribution >= 4 is 29.6 Å². The molecule has 2 rings (SSSR count). The van der Waals surface area contributed by atoms with Crippen LogP contribution in [0.1, 0.15) is 48.9 Å². The van der Waals surface area contributed by atoms with Crippen LogP contribution in [0.3, 0.4) is 0 Å². The van der Waals surface area contributed by atoms with E-state index in [9.17, 15) is 4.79 Å². The molecular formula is C22H35N7O2. The zero-order valence-electron chi connectivity index (χ0n) is 19.1. The van der Waals surface area contributed by atoms with Gasteiger partial charge in [0.05, 0.1) is 5.69 Å². The molecule has 0 saturated carbocycles. The fourth-order valence-electron chi connectivity index (χ4n) is 2.90. The lowest BCUT2D eigenvalue weighted by Crippen LogP contribution is -2.29. The van der Waals surface area contributed by atoms with Crippen LogP contribution in [-0.2, 0) is 17.6 Å². The van der Waals surface area contributed by atoms with Gasteiger partial charge in [0.2, 0.25) is 6.41 Å². The van der Waals surface area contributed by atoms with Crippen molar-refractivity contribution in [1.29, 1.82) is 0 Å². The number of amides is 2. The molecule has 0 spiro atoms. The van der Waals surface area contributed by atoms with Crippen molar-refractivity contribution in [3.63, 3.8) is 0 Å². The maximum absolute atomic E-state index is 12.0. The van der Waals surface area contributed by atoms with E-state index in [1.54, 1.807) is 0 Å². The zero-order valence-corrected chi connectivity index (χ0v) is 19.1. The highest BCUT2D eigenvalue weighted by Crippen LogP contribution is 2.25. The first-order valence-corrected chi connectivity index (χ1v) is 10.4. The molecule has 1 aromatic carbocycles. The second-order valence-electron chi connectivity index (χ2n) is 7.28. The summed E-state index contributed by atoms with van der Waals surface area (Å²) in [5.74, 6) is 0.559. The van der Waals surface area contributed by atoms with Gasteiger partial charge in [-0.1, -0.05) is 19.1 Å². The fourth-order valence-corrected chi connectivity index (χ4v) is 2.90. The quantitative estimate of drug-likeness (QED) is 0.334. The molecule has 2 amide bonds. The molecule has 0 aliphatic heterocycles. The highest BCUT2D eigenvalue weighted by molar-refractivity contribution is 5.96. The fraction of sp³-hybridized carbons (Fsp3) is 0.455. The van der Waals surface area contributed by atoms with Gasteiger partial charge in [-0.3, -0.25) is 9.59 Å². The molecule has 0 aliphatic carbocycles. The number of rotatable bonds is 10. The Morgan fingerprint density at radius 1 is 1.29 bits per heavy atom. The summed E-state index contributed by atoms with van der Waals surface area (Å²) >= 11 is 0. The zero-order chi connectivity index (χ0) is 23.4. The van der Waals surface area contributed by atoms with Crippen LogP contribution >= 0.6 is 0 Å². The summed E-state index contributed by atoms with van der Waals surface area (Å²) < 4.78 is 0. The van der Waals surface area contributed by atoms with Gasteiger partial charge in [-0.05, 0) is 64.4 Å². The number of primary amides is 2. The van der Waals surface area contributed by atoms with Gasteiger partial charge < -0.3 is 27.0 Å². The Morgan fingerprint density at radius 2 is 1.97 bits per heavy atom. The SMILES string of the molecule is CCc1nc(C(N)=O)c(Nc2cccc(CCCNC)c2)nc1N(C)C(C)C.NC=O. The van der Waals surface area contributed by atoms with Crippen LogP contribution in [-0.4, -0.2) is 49.0 Å². The van der Waals surface area contributed by atoms with Crippen LogP contribution < -0.4 is 27.0 Å². The number of aryl methyl sites for hydroxylation is 2. The van der Waals surface area contributed by atoms with Gasteiger partial charge in [0.1, 0.15) is 0 Å². The molecule has 2 aromatic rings. The molecule has 170 valence electrons. The monoisotopic (exact) mass is 429 g/mol. The number of hydrogen-bond donors (Lipinski definition) is 4. The third-order valence-electron chi connectivity index (χ3n) is 4.71. The Labute approximate surface area is 184 Å². The van der Waals surface area contributed by atoms with Crippen molar-refractivity contribution in [2.75, 3.05) is 30.9 Å². The molecule has 0 bridgehead atoms. The third kappa shape index (κ3) is 7.86. The second kappa shape index (κ2) is 13.2. The largest absolute Gasteiger partial charge is 0.372 e. The number of aromatic nitrogens is 2. The van der Waals surface area contributed by atoms with Gasteiger partial charge in [0.25, 0.3) is 5.91 Å². The Balaban J connectivity index is 0.00000151. The Kier molecular flexibility index (Phi) is 11.0. The molecule has 0 atom stereocenters. The normalized spacial score (nSPS) is 10.3. The Bertz CT molecular complexity index is 856. The van der Waals surface area contributed by atoms with Crippen LogP contribution in [0.4, 0.5) is 17.3 Å². The van der Waals surface area contributed by atoms with Crippen LogP contribution in [0.2, 0.25) is 0 Å². The van der Waals surface area contributed by atoms with Crippen LogP contribution in [0, 0.1) is 0 Å². The average molecular weight is 430 g/mol. The smallest absolute Gasteiger partial charge is 0.271 e. The topological polar surface area (TPSA) is 139 Å². The summed E-state index contributed by atoms with van der Waals surface area (Å²) in [6.07, 6.45) is 2.95. The first kappa shape index (κ1) is 25.8. The first-order valence-electron chi connectivity index (χ1n) is 10.4. The standard InChI is InChI=1S/C21H32N6O.CH3NO/c1-6-17-21(27(5)14(2)3)26-20(18(25-17)19(22)28)24-16-11-7-9-15(13-16)10-8-12-23-4;2-1-3/h7,9,11,13-14,23H,6,8,10,12H2,1-5H3,(H2,22,28)(H,24,26);1H,(H2,2,3). The minimum Gasteiger partial charge on any atom is -0.372 e. The van der Waals surface area contributed by atoms with E-state index in [2.05, 4.69) is 52.2 Å². The molecular weight excluding hydrogens is 394 g/mol. The molecule has 9 nitrogen and oxygen atoms in total. The predicted octanol–water partition coefficient (Wildman–Crippen LogP) is 1.98. The van der Waals surface area contributed by atoms with Gasteiger partial charge >= 0.3 is 0 Å². The Morgan fingerprint density at radius 3 is 2.52 bits per heavy atom. The van der Waals surface area contributed by atoms with Gasteiger partial charge in [0, 0.05) is 18.8 Å². The molecule has 0 radical (unpaired) electrons. The maximum Gasteiger partial charge on any atom is 0.271 e. The minimum absolute atomic E-state index is 0.165. The summed E-state index contributed by atoms with van der Waals surface area (Å²) in [7, 11) is 3.93. The van der Waals surface area contributed by atoms with E-state index in [4.69, 9.17) is 15.5 Å². The highest BCUT2D eigenvalue weighted by Gasteiger charge is 2.20. The lowest BCUT2D eigenvalue weighted by molar-refractivity contribution is -0.106. The van der Waals surface area contributed by atoms with E-state index < -0.39 is 5.91 Å². The number of nitrogens with two attached hydrogens (primary N) is 2. The Hall–Kier alpha value is -3.20. The summed E-state index contributed by atoms with van der Waals surface area (Å²) in [5.41, 5.74) is 12.8. The minimum atomic E-state index is -0.589. The van der Waals surface area contributed by atoms with Gasteiger partial charge in [0.15, 0.2) is 17.3 Å². The van der Waals surface area contributed by atoms with Crippen molar-refractivity contribution in [3.8, 4) is 0 Å². The molecule has 0 unspecified atom stereocenters. The predicted molar refractivity (Wildman–Crippen MR) is 126 cm³/mol. The number of nitrogens with zero attached hydrogens (tertiary/aromatic N) is 3. The molecule has 6 N–H and O–H groups in total. The number of carbonyl (C=O) groups is 2. The van der Waals surface area contributed by atoms with E-state index in [0.29, 0.717) is 12.2 Å². The van der Waals surface area contributed by atoms with Gasteiger partial charge in [-0.2, -0.15) is 0 Å². The average Bonchev–Trinajstić information content (AvgIpc) is 2.73. The number of carbonyl (C=O) groups excluding carboxylic acids is 2. The van der Waals surface area contributed by atoms with E-state index in [1.165, 1.54) is 5.56 Å². The van der Waals surface area contributed by atoms with E-state index >= 15 is 0 Å². The molecule has 9 heteroatoms. The lowest BCUT2D eigenvalue weighted by atomic mass is 10.1. The van der Waals surface area contributed by atoms with Crippen LogP contribution in [0.25, 0.3) is 0 Å². The highest BCUT2D eigenvalue weighted by atomic mass is 16.1. The molecule has 0 fully saturated rings. The van der Waals surface area contributed by atoms with Gasteiger partial charge in [-0.25, -0.2) is 9.97 Å². The van der Waals surface area contributed by atoms with E-state index in [0.717, 1.165) is 36.6 Å². The third-order valence-corrected chi connectivity index (χ3v) is 4.71. The van der Waals surface area contributed by atoms with E-state index in [-0.39, 0.29) is 18.1 Å². The first-order chi connectivity index (χ1) is 14.8. The summed E-state index contributed by atoms with van der Waals surface area (Å²) in [4.78, 5) is 31.9. The van der Waals surface area contributed by atoms with Crippen molar-refractivity contribution in [3.05, 3.63) is 41.2 Å². The van der Waals surface area contributed by atoms with Crippen molar-refractivity contribution in [1.82, 2.24) is 15.3 Å². The van der Waals surface area contributed by atoms with Crippen LogP contribution in [0.15, 0.2) is 24.3 Å². The summed E-state index contributed by atoms with van der Waals surface area (Å²) in [5, 5.41) is 6.41. The second-order valence-corrected chi connectivity index (χ2v) is 7.28. The lowest BCUT2D eigenvalue weighted by Gasteiger charge is -2.25. The van der Waals surface area contributed by atoms with Crippen molar-refractivity contribution in [2.45, 2.75) is 46.1 Å². The van der Waals surface area contributed by atoms with Gasteiger partial charge in [-0.15, -0.1) is 0 Å². The molecule has 1 heterocycles. The number of anilines is 3. The van der Waals surface area contributed by atoms with Crippen molar-refractivity contribution < 1.29 is 9.59 Å². The number of nitrogens with one attached hydrogen (secondary N) is 2.